The van der Waals surface area contributed by atoms with E-state index in [-0.39, 0.29) is 5.91 Å². The average Bonchev–Trinajstić information content (AvgIpc) is 2.37. The highest BCUT2D eigenvalue weighted by molar-refractivity contribution is 7.99. The quantitative estimate of drug-likeness (QED) is 0.398. The molecule has 1 rings (SSSR count). The third-order valence-corrected chi connectivity index (χ3v) is 3.68. The molecule has 0 spiro atoms. The van der Waals surface area contributed by atoms with Gasteiger partial charge in [-0.1, -0.05) is 31.2 Å². The van der Waals surface area contributed by atoms with Crippen LogP contribution in [0.3, 0.4) is 0 Å². The maximum absolute atomic E-state index is 11.1. The molecule has 5 N–H and O–H groups in total. The lowest BCUT2D eigenvalue weighted by Crippen LogP contribution is -2.31. The first-order chi connectivity index (χ1) is 8.15. The van der Waals surface area contributed by atoms with E-state index >= 15 is 0 Å². The summed E-state index contributed by atoms with van der Waals surface area (Å²) in [6.45, 7) is 2.81. The van der Waals surface area contributed by atoms with Gasteiger partial charge in [-0.25, -0.2) is 5.84 Å². The summed E-state index contributed by atoms with van der Waals surface area (Å²) in [4.78, 5) is 11.1. The van der Waals surface area contributed by atoms with Gasteiger partial charge in [0.1, 0.15) is 0 Å². The summed E-state index contributed by atoms with van der Waals surface area (Å²) >= 11 is 1.83. The van der Waals surface area contributed by atoms with Crippen molar-refractivity contribution in [3.8, 4) is 0 Å². The lowest BCUT2D eigenvalue weighted by Gasteiger charge is -2.08. The fourth-order valence-corrected chi connectivity index (χ4v) is 2.10. The molecule has 0 saturated carbocycles. The van der Waals surface area contributed by atoms with Crippen LogP contribution in [0, 0.1) is 0 Å². The van der Waals surface area contributed by atoms with E-state index in [0.29, 0.717) is 18.2 Å². The first-order valence-corrected chi connectivity index (χ1v) is 6.59. The van der Waals surface area contributed by atoms with Crippen LogP contribution in [0.2, 0.25) is 0 Å². The molecule has 0 aromatic heterocycles. The Morgan fingerprint density at radius 1 is 1.35 bits per heavy atom. The summed E-state index contributed by atoms with van der Waals surface area (Å²) in [5.74, 6) is 5.80. The van der Waals surface area contributed by atoms with Crippen LogP contribution < -0.4 is 17.0 Å². The SMILES string of the molecule is CC(CN)SCc1ccc(CC(=O)NN)cc1. The van der Waals surface area contributed by atoms with Gasteiger partial charge in [-0.05, 0) is 11.1 Å². The molecule has 1 aromatic carbocycles. The molecular weight excluding hydrogens is 234 g/mol. The fourth-order valence-electron chi connectivity index (χ4n) is 1.30. The normalized spacial score (nSPS) is 12.2. The molecule has 4 nitrogen and oxygen atoms in total. The maximum atomic E-state index is 11.1. The van der Waals surface area contributed by atoms with Gasteiger partial charge < -0.3 is 5.73 Å². The number of nitrogens with one attached hydrogen (secondary N) is 1. The Hall–Kier alpha value is -1.04. The molecule has 0 radical (unpaired) electrons. The predicted octanol–water partition coefficient (Wildman–Crippen LogP) is 0.799. The van der Waals surface area contributed by atoms with Crippen LogP contribution in [-0.2, 0) is 17.0 Å². The number of thioether (sulfide) groups is 1. The number of amides is 1. The number of hydrazine groups is 1. The molecule has 1 atom stereocenters. The van der Waals surface area contributed by atoms with Crippen molar-refractivity contribution in [3.63, 3.8) is 0 Å². The van der Waals surface area contributed by atoms with Gasteiger partial charge in [0.15, 0.2) is 0 Å². The van der Waals surface area contributed by atoms with Crippen molar-refractivity contribution in [2.75, 3.05) is 6.54 Å². The molecule has 0 aliphatic heterocycles. The minimum Gasteiger partial charge on any atom is -0.329 e. The second kappa shape index (κ2) is 7.32. The van der Waals surface area contributed by atoms with Gasteiger partial charge in [0.2, 0.25) is 5.91 Å². The van der Waals surface area contributed by atoms with Gasteiger partial charge in [0.25, 0.3) is 0 Å². The van der Waals surface area contributed by atoms with E-state index in [9.17, 15) is 4.79 Å². The van der Waals surface area contributed by atoms with Crippen molar-refractivity contribution in [2.45, 2.75) is 24.3 Å². The van der Waals surface area contributed by atoms with E-state index in [2.05, 4.69) is 12.3 Å². The Bertz CT molecular complexity index is 353. The van der Waals surface area contributed by atoms with Crippen molar-refractivity contribution >= 4 is 17.7 Å². The summed E-state index contributed by atoms with van der Waals surface area (Å²) in [5.41, 5.74) is 9.88. The summed E-state index contributed by atoms with van der Waals surface area (Å²) in [6.07, 6.45) is 0.323. The van der Waals surface area contributed by atoms with E-state index in [1.807, 2.05) is 36.0 Å². The second-order valence-electron chi connectivity index (χ2n) is 3.92. The summed E-state index contributed by atoms with van der Waals surface area (Å²) in [6, 6.07) is 7.99. The number of nitrogens with two attached hydrogens (primary N) is 2. The van der Waals surface area contributed by atoms with Gasteiger partial charge in [0.05, 0.1) is 6.42 Å². The van der Waals surface area contributed by atoms with Crippen molar-refractivity contribution < 1.29 is 4.79 Å². The van der Waals surface area contributed by atoms with E-state index in [1.54, 1.807) is 0 Å². The number of rotatable bonds is 6. The first-order valence-electron chi connectivity index (χ1n) is 5.54. The Kier molecular flexibility index (Phi) is 6.04. The summed E-state index contributed by atoms with van der Waals surface area (Å²) in [7, 11) is 0. The standard InChI is InChI=1S/C12H19N3OS/c1-9(7-13)17-8-11-4-2-10(3-5-11)6-12(16)15-14/h2-5,9H,6-8,13-14H2,1H3,(H,15,16). The molecule has 1 amide bonds. The smallest absolute Gasteiger partial charge is 0.238 e. The van der Waals surface area contributed by atoms with E-state index in [1.165, 1.54) is 5.56 Å². The van der Waals surface area contributed by atoms with E-state index in [4.69, 9.17) is 11.6 Å². The number of hydrogen-bond donors (Lipinski definition) is 3. The molecule has 0 aliphatic rings. The predicted molar refractivity (Wildman–Crippen MR) is 72.3 cm³/mol. The zero-order valence-electron chi connectivity index (χ0n) is 9.98. The van der Waals surface area contributed by atoms with Crippen LogP contribution in [-0.4, -0.2) is 17.7 Å². The summed E-state index contributed by atoms with van der Waals surface area (Å²) in [5, 5.41) is 0.470. The largest absolute Gasteiger partial charge is 0.329 e. The second-order valence-corrected chi connectivity index (χ2v) is 5.34. The first kappa shape index (κ1) is 14.0. The third kappa shape index (κ3) is 5.21. The van der Waals surface area contributed by atoms with Crippen LogP contribution in [0.5, 0.6) is 0 Å². The highest BCUT2D eigenvalue weighted by Crippen LogP contribution is 2.17. The van der Waals surface area contributed by atoms with Gasteiger partial charge in [-0.15, -0.1) is 0 Å². The highest BCUT2D eigenvalue weighted by atomic mass is 32.2. The minimum atomic E-state index is -0.177. The minimum absolute atomic E-state index is 0.177. The highest BCUT2D eigenvalue weighted by Gasteiger charge is 2.03. The monoisotopic (exact) mass is 253 g/mol. The fraction of sp³-hybridized carbons (Fsp3) is 0.417. The molecule has 0 aliphatic carbocycles. The molecule has 17 heavy (non-hydrogen) atoms. The molecular formula is C12H19N3OS. The molecule has 94 valence electrons. The zero-order chi connectivity index (χ0) is 12.7. The molecule has 0 fully saturated rings. The topological polar surface area (TPSA) is 81.1 Å². The average molecular weight is 253 g/mol. The van der Waals surface area contributed by atoms with Crippen molar-refractivity contribution in [3.05, 3.63) is 35.4 Å². The number of carbonyl (C=O) groups excluding carboxylic acids is 1. The number of carbonyl (C=O) groups is 1. The van der Waals surface area contributed by atoms with Crippen LogP contribution in [0.25, 0.3) is 0 Å². The molecule has 1 aromatic rings. The molecule has 5 heteroatoms. The molecule has 0 saturated heterocycles. The van der Waals surface area contributed by atoms with Gasteiger partial charge in [-0.3, -0.25) is 10.2 Å². The van der Waals surface area contributed by atoms with Gasteiger partial charge in [0, 0.05) is 17.5 Å². The molecule has 1 unspecified atom stereocenters. The maximum Gasteiger partial charge on any atom is 0.238 e. The Labute approximate surface area is 106 Å². The van der Waals surface area contributed by atoms with E-state index in [0.717, 1.165) is 11.3 Å². The van der Waals surface area contributed by atoms with Crippen LogP contribution >= 0.6 is 11.8 Å². The van der Waals surface area contributed by atoms with Crippen molar-refractivity contribution in [2.24, 2.45) is 11.6 Å². The Morgan fingerprint density at radius 3 is 2.47 bits per heavy atom. The van der Waals surface area contributed by atoms with Crippen LogP contribution in [0.15, 0.2) is 24.3 Å². The van der Waals surface area contributed by atoms with E-state index < -0.39 is 0 Å². The Morgan fingerprint density at radius 2 is 1.94 bits per heavy atom. The van der Waals surface area contributed by atoms with Crippen LogP contribution in [0.4, 0.5) is 0 Å². The van der Waals surface area contributed by atoms with Crippen molar-refractivity contribution in [1.29, 1.82) is 0 Å². The van der Waals surface area contributed by atoms with Crippen molar-refractivity contribution in [1.82, 2.24) is 5.43 Å². The van der Waals surface area contributed by atoms with Gasteiger partial charge in [-0.2, -0.15) is 11.8 Å². The molecule has 0 heterocycles. The van der Waals surface area contributed by atoms with Crippen LogP contribution in [0.1, 0.15) is 18.1 Å². The lowest BCUT2D eigenvalue weighted by molar-refractivity contribution is -0.120. The number of benzene rings is 1. The molecule has 0 bridgehead atoms. The Balaban J connectivity index is 2.47. The zero-order valence-corrected chi connectivity index (χ0v) is 10.8. The third-order valence-electron chi connectivity index (χ3n) is 2.42. The number of hydrogen-bond acceptors (Lipinski definition) is 4. The van der Waals surface area contributed by atoms with Gasteiger partial charge >= 0.3 is 0 Å². The summed E-state index contributed by atoms with van der Waals surface area (Å²) < 4.78 is 0. The lowest BCUT2D eigenvalue weighted by atomic mass is 10.1.